The van der Waals surface area contributed by atoms with Crippen molar-refractivity contribution in [2.24, 2.45) is 29.6 Å². The first-order valence-corrected chi connectivity index (χ1v) is 13.1. The average Bonchev–Trinajstić information content (AvgIpc) is 2.78. The molecule has 182 valence electrons. The second-order valence-electron chi connectivity index (χ2n) is 10.6. The molecule has 4 unspecified atom stereocenters. The minimum Gasteiger partial charge on any atom is -0.375 e. The molecule has 3 aliphatic rings. The van der Waals surface area contributed by atoms with E-state index in [4.69, 9.17) is 4.74 Å². The van der Waals surface area contributed by atoms with Crippen LogP contribution in [-0.4, -0.2) is 31.0 Å². The first kappa shape index (κ1) is 25.3. The lowest BCUT2D eigenvalue weighted by atomic mass is 9.64. The van der Waals surface area contributed by atoms with Gasteiger partial charge in [0.2, 0.25) is 0 Å². The second-order valence-corrected chi connectivity index (χ2v) is 10.6. The Bertz CT molecular complexity index is 512. The van der Waals surface area contributed by atoms with Crippen LogP contribution in [0.4, 0.5) is 17.6 Å². The fourth-order valence-electron chi connectivity index (χ4n) is 6.87. The summed E-state index contributed by atoms with van der Waals surface area (Å²) >= 11 is 0. The molecule has 31 heavy (non-hydrogen) atoms. The normalized spacial score (nSPS) is 40.1. The van der Waals surface area contributed by atoms with E-state index >= 15 is 0 Å². The summed E-state index contributed by atoms with van der Waals surface area (Å²) < 4.78 is 63.7. The van der Waals surface area contributed by atoms with Crippen LogP contribution in [0.5, 0.6) is 0 Å². The Morgan fingerprint density at radius 1 is 0.710 bits per heavy atom. The molecular formula is C26H44F4O. The molecule has 0 aliphatic heterocycles. The van der Waals surface area contributed by atoms with E-state index in [1.807, 2.05) is 13.8 Å². The van der Waals surface area contributed by atoms with Crippen molar-refractivity contribution in [3.05, 3.63) is 0 Å². The van der Waals surface area contributed by atoms with E-state index in [1.54, 1.807) is 0 Å². The third-order valence-corrected chi connectivity index (χ3v) is 8.81. The minimum absolute atomic E-state index is 0.0484. The molecule has 4 atom stereocenters. The van der Waals surface area contributed by atoms with Gasteiger partial charge < -0.3 is 4.74 Å². The van der Waals surface area contributed by atoms with E-state index in [9.17, 15) is 17.6 Å². The molecule has 0 bridgehead atoms. The van der Waals surface area contributed by atoms with Crippen LogP contribution < -0.4 is 0 Å². The van der Waals surface area contributed by atoms with Gasteiger partial charge in [-0.05, 0) is 101 Å². The molecule has 0 aromatic heterocycles. The average molecular weight is 449 g/mol. The summed E-state index contributed by atoms with van der Waals surface area (Å²) in [6.07, 6.45) is 7.61. The Kier molecular flexibility index (Phi) is 9.55. The third kappa shape index (κ3) is 6.38. The Labute approximate surface area is 187 Å². The maximum absolute atomic E-state index is 14.8. The van der Waals surface area contributed by atoms with E-state index < -0.39 is 30.3 Å². The van der Waals surface area contributed by atoms with Crippen molar-refractivity contribution in [1.29, 1.82) is 0 Å². The standard InChI is InChI=1S/C26H44F4O/c1-3-5-6-17-26(29,30)21-13-11-19(12-14-21)18-7-9-20(10-8-18)22-15-16-23(31-4-2)25(28)24(22)27/h18-25H,3-17H2,1-2H3. The van der Waals surface area contributed by atoms with Crippen LogP contribution >= 0.6 is 0 Å². The van der Waals surface area contributed by atoms with Crippen molar-refractivity contribution in [3.8, 4) is 0 Å². The van der Waals surface area contributed by atoms with Crippen LogP contribution in [0.2, 0.25) is 0 Å². The summed E-state index contributed by atoms with van der Waals surface area (Å²) in [5.41, 5.74) is 0. The predicted molar refractivity (Wildman–Crippen MR) is 118 cm³/mol. The van der Waals surface area contributed by atoms with Crippen molar-refractivity contribution in [3.63, 3.8) is 0 Å². The zero-order valence-electron chi connectivity index (χ0n) is 19.6. The predicted octanol–water partition coefficient (Wildman–Crippen LogP) is 8.31. The Balaban J connectivity index is 1.42. The van der Waals surface area contributed by atoms with Crippen LogP contribution in [0.3, 0.4) is 0 Å². The van der Waals surface area contributed by atoms with Crippen molar-refractivity contribution in [2.45, 2.75) is 128 Å². The topological polar surface area (TPSA) is 9.23 Å². The number of hydrogen-bond acceptors (Lipinski definition) is 1. The number of halogens is 4. The molecule has 0 spiro atoms. The van der Waals surface area contributed by atoms with Crippen molar-refractivity contribution < 1.29 is 22.3 Å². The van der Waals surface area contributed by atoms with Crippen molar-refractivity contribution in [1.82, 2.24) is 0 Å². The first-order chi connectivity index (χ1) is 14.9. The van der Waals surface area contributed by atoms with Crippen molar-refractivity contribution >= 4 is 0 Å². The van der Waals surface area contributed by atoms with E-state index in [1.165, 1.54) is 0 Å². The molecule has 1 nitrogen and oxygen atoms in total. The molecule has 3 saturated carbocycles. The molecule has 5 heteroatoms. The van der Waals surface area contributed by atoms with E-state index in [-0.39, 0.29) is 18.3 Å². The molecule has 3 aliphatic carbocycles. The van der Waals surface area contributed by atoms with Crippen molar-refractivity contribution in [2.75, 3.05) is 6.61 Å². The lowest BCUT2D eigenvalue weighted by molar-refractivity contribution is -0.0902. The van der Waals surface area contributed by atoms with Gasteiger partial charge in [-0.15, -0.1) is 0 Å². The van der Waals surface area contributed by atoms with E-state index in [0.717, 1.165) is 57.8 Å². The highest BCUT2D eigenvalue weighted by molar-refractivity contribution is 4.94. The number of alkyl halides is 4. The molecule has 0 aromatic carbocycles. The highest BCUT2D eigenvalue weighted by atomic mass is 19.3. The maximum atomic E-state index is 14.8. The van der Waals surface area contributed by atoms with Gasteiger partial charge in [0.25, 0.3) is 5.92 Å². The zero-order valence-corrected chi connectivity index (χ0v) is 19.6. The quantitative estimate of drug-likeness (QED) is 0.254. The van der Waals surface area contributed by atoms with E-state index in [0.29, 0.717) is 44.1 Å². The molecule has 0 saturated heterocycles. The fourth-order valence-corrected chi connectivity index (χ4v) is 6.87. The van der Waals surface area contributed by atoms with Gasteiger partial charge in [0.1, 0.15) is 6.17 Å². The molecule has 0 amide bonds. The number of ether oxygens (including phenoxy) is 1. The summed E-state index contributed by atoms with van der Waals surface area (Å²) in [4.78, 5) is 0. The summed E-state index contributed by atoms with van der Waals surface area (Å²) in [6.45, 7) is 4.31. The lowest BCUT2D eigenvalue weighted by Crippen LogP contribution is -2.46. The fraction of sp³-hybridized carbons (Fsp3) is 1.00. The number of unbranched alkanes of at least 4 members (excludes halogenated alkanes) is 2. The number of hydrogen-bond donors (Lipinski definition) is 0. The van der Waals surface area contributed by atoms with Gasteiger partial charge in [0.05, 0.1) is 6.10 Å². The molecule has 3 fully saturated rings. The highest BCUT2D eigenvalue weighted by Gasteiger charge is 2.46. The summed E-state index contributed by atoms with van der Waals surface area (Å²) in [5, 5.41) is 0. The Morgan fingerprint density at radius 2 is 1.29 bits per heavy atom. The van der Waals surface area contributed by atoms with Gasteiger partial charge in [-0.1, -0.05) is 19.8 Å². The number of rotatable bonds is 9. The summed E-state index contributed by atoms with van der Waals surface area (Å²) in [6, 6.07) is 0. The van der Waals surface area contributed by atoms with Crippen LogP contribution in [0, 0.1) is 29.6 Å². The monoisotopic (exact) mass is 448 g/mol. The smallest absolute Gasteiger partial charge is 0.250 e. The first-order valence-electron chi connectivity index (χ1n) is 13.1. The molecular weight excluding hydrogens is 404 g/mol. The van der Waals surface area contributed by atoms with Gasteiger partial charge >= 0.3 is 0 Å². The second kappa shape index (κ2) is 11.7. The highest BCUT2D eigenvalue weighted by Crippen LogP contribution is 2.48. The lowest BCUT2D eigenvalue weighted by Gasteiger charge is -2.43. The van der Waals surface area contributed by atoms with Crippen LogP contribution in [0.15, 0.2) is 0 Å². The molecule has 3 rings (SSSR count). The molecule has 0 aromatic rings. The Morgan fingerprint density at radius 3 is 1.87 bits per heavy atom. The van der Waals surface area contributed by atoms with Gasteiger partial charge in [-0.3, -0.25) is 0 Å². The summed E-state index contributed by atoms with van der Waals surface area (Å²) in [5.74, 6) is -1.71. The van der Waals surface area contributed by atoms with E-state index in [2.05, 4.69) is 0 Å². The van der Waals surface area contributed by atoms with Gasteiger partial charge in [0.15, 0.2) is 6.17 Å². The van der Waals surface area contributed by atoms with Gasteiger partial charge in [0, 0.05) is 18.9 Å². The van der Waals surface area contributed by atoms with Crippen LogP contribution in [0.25, 0.3) is 0 Å². The van der Waals surface area contributed by atoms with Gasteiger partial charge in [-0.2, -0.15) is 0 Å². The minimum atomic E-state index is -2.50. The van der Waals surface area contributed by atoms with Crippen LogP contribution in [0.1, 0.15) is 104 Å². The molecule has 0 radical (unpaired) electrons. The largest absolute Gasteiger partial charge is 0.375 e. The Hall–Kier alpha value is -0.320. The van der Waals surface area contributed by atoms with Gasteiger partial charge in [-0.25, -0.2) is 17.6 Å². The SMILES string of the molecule is CCCCCC(F)(F)C1CCC(C2CCC(C3CCC(OCC)C(F)C3F)CC2)CC1. The molecule has 0 N–H and O–H groups in total. The summed E-state index contributed by atoms with van der Waals surface area (Å²) in [7, 11) is 0. The maximum Gasteiger partial charge on any atom is 0.250 e. The third-order valence-electron chi connectivity index (χ3n) is 8.81. The van der Waals surface area contributed by atoms with Crippen LogP contribution in [-0.2, 0) is 4.74 Å². The molecule has 0 heterocycles. The zero-order chi connectivity index (χ0) is 22.4.